The molecule has 3 nitrogen and oxygen atoms in total. The molecular weight excluding hydrogens is 200 g/mol. The van der Waals surface area contributed by atoms with Crippen LogP contribution in [0.2, 0.25) is 0 Å². The number of Topliss-reactive ketones (excluding diaryl/α,β-unsaturated/α-hetero) is 3. The summed E-state index contributed by atoms with van der Waals surface area (Å²) in [6.45, 7) is 1.48. The minimum Gasteiger partial charge on any atom is -0.300 e. The van der Waals surface area contributed by atoms with Crippen molar-refractivity contribution in [2.75, 3.05) is 6.26 Å². The number of hydrogen-bond donors (Lipinski definition) is 0. The van der Waals surface area contributed by atoms with Gasteiger partial charge in [0.2, 0.25) is 0 Å². The lowest BCUT2D eigenvalue weighted by atomic mass is 9.99. The van der Waals surface area contributed by atoms with Crippen molar-refractivity contribution in [2.45, 2.75) is 31.4 Å². The highest BCUT2D eigenvalue weighted by Crippen LogP contribution is 2.29. The van der Waals surface area contributed by atoms with Crippen LogP contribution in [0.25, 0.3) is 0 Å². The molecule has 1 aliphatic rings. The molecule has 0 aromatic heterocycles. The zero-order valence-electron chi connectivity index (χ0n) is 8.41. The van der Waals surface area contributed by atoms with Crippen LogP contribution in [0.1, 0.15) is 26.2 Å². The number of ketones is 3. The molecule has 0 N–H and O–H groups in total. The Balaban J connectivity index is 2.56. The lowest BCUT2D eigenvalue weighted by molar-refractivity contribution is -0.127. The van der Waals surface area contributed by atoms with Gasteiger partial charge >= 0.3 is 0 Å². The Bertz CT molecular complexity index is 273. The Morgan fingerprint density at radius 1 is 1.50 bits per heavy atom. The number of hydrogen-bond acceptors (Lipinski definition) is 4. The smallest absolute Gasteiger partial charge is 0.156 e. The Hall–Kier alpha value is -0.640. The van der Waals surface area contributed by atoms with Crippen LogP contribution in [0.3, 0.4) is 0 Å². The summed E-state index contributed by atoms with van der Waals surface area (Å²) >= 11 is 1.43. The zero-order chi connectivity index (χ0) is 10.7. The van der Waals surface area contributed by atoms with Gasteiger partial charge in [0.25, 0.3) is 0 Å². The highest BCUT2D eigenvalue weighted by Gasteiger charge is 2.40. The van der Waals surface area contributed by atoms with Crippen LogP contribution in [-0.2, 0) is 14.4 Å². The SMILES string of the molecule is CSC1CC(=O)C(CCC(C)=O)C1=O. The molecule has 0 saturated heterocycles. The van der Waals surface area contributed by atoms with Gasteiger partial charge in [-0.25, -0.2) is 0 Å². The van der Waals surface area contributed by atoms with Gasteiger partial charge < -0.3 is 4.79 Å². The molecule has 0 aromatic carbocycles. The van der Waals surface area contributed by atoms with Crippen LogP contribution in [0.15, 0.2) is 0 Å². The first-order valence-electron chi connectivity index (χ1n) is 4.65. The van der Waals surface area contributed by atoms with Gasteiger partial charge in [-0.05, 0) is 19.6 Å². The summed E-state index contributed by atoms with van der Waals surface area (Å²) in [4.78, 5) is 33.8. The van der Waals surface area contributed by atoms with Crippen molar-refractivity contribution >= 4 is 29.1 Å². The molecular formula is C10H14O3S. The third-order valence-corrected chi connectivity index (χ3v) is 3.47. The van der Waals surface area contributed by atoms with E-state index in [1.807, 2.05) is 6.26 Å². The van der Waals surface area contributed by atoms with E-state index in [-0.39, 0.29) is 22.6 Å². The van der Waals surface area contributed by atoms with Crippen LogP contribution >= 0.6 is 11.8 Å². The molecule has 4 heteroatoms. The van der Waals surface area contributed by atoms with Crippen molar-refractivity contribution < 1.29 is 14.4 Å². The predicted octanol–water partition coefficient (Wildman–Crippen LogP) is 1.25. The fraction of sp³-hybridized carbons (Fsp3) is 0.700. The number of thioether (sulfide) groups is 1. The van der Waals surface area contributed by atoms with Crippen molar-refractivity contribution in [1.29, 1.82) is 0 Å². The predicted molar refractivity (Wildman–Crippen MR) is 55.3 cm³/mol. The molecule has 1 fully saturated rings. The topological polar surface area (TPSA) is 51.2 Å². The van der Waals surface area contributed by atoms with Gasteiger partial charge in [-0.2, -0.15) is 11.8 Å². The van der Waals surface area contributed by atoms with Gasteiger partial charge in [-0.3, -0.25) is 9.59 Å². The third-order valence-electron chi connectivity index (χ3n) is 2.51. The highest BCUT2D eigenvalue weighted by atomic mass is 32.2. The van der Waals surface area contributed by atoms with Crippen molar-refractivity contribution in [2.24, 2.45) is 5.92 Å². The summed E-state index contributed by atoms with van der Waals surface area (Å²) in [6.07, 6.45) is 2.93. The molecule has 14 heavy (non-hydrogen) atoms. The molecule has 0 amide bonds. The first kappa shape index (κ1) is 11.4. The maximum atomic E-state index is 11.6. The molecule has 1 rings (SSSR count). The van der Waals surface area contributed by atoms with E-state index in [1.54, 1.807) is 0 Å². The third kappa shape index (κ3) is 2.44. The fourth-order valence-corrected chi connectivity index (χ4v) is 2.39. The maximum absolute atomic E-state index is 11.6. The standard InChI is InChI=1S/C10H14O3S/c1-6(11)3-4-7-8(12)5-9(14-2)10(7)13/h7,9H,3-5H2,1-2H3. The molecule has 0 bridgehead atoms. The van der Waals surface area contributed by atoms with Crippen LogP contribution in [-0.4, -0.2) is 28.9 Å². The molecule has 0 radical (unpaired) electrons. The van der Waals surface area contributed by atoms with E-state index in [0.717, 1.165) is 0 Å². The molecule has 0 spiro atoms. The second-order valence-corrected chi connectivity index (χ2v) is 4.63. The summed E-state index contributed by atoms with van der Waals surface area (Å²) in [7, 11) is 0. The number of rotatable bonds is 4. The zero-order valence-corrected chi connectivity index (χ0v) is 9.23. The lowest BCUT2D eigenvalue weighted by Gasteiger charge is -2.05. The normalized spacial score (nSPS) is 27.0. The van der Waals surface area contributed by atoms with Crippen LogP contribution in [0, 0.1) is 5.92 Å². The Morgan fingerprint density at radius 3 is 2.57 bits per heavy atom. The van der Waals surface area contributed by atoms with E-state index in [2.05, 4.69) is 0 Å². The molecule has 2 atom stereocenters. The molecule has 2 unspecified atom stereocenters. The van der Waals surface area contributed by atoms with Gasteiger partial charge in [-0.1, -0.05) is 0 Å². The molecule has 0 aromatic rings. The summed E-state index contributed by atoms with van der Waals surface area (Å²) in [6, 6.07) is 0. The van der Waals surface area contributed by atoms with Crippen LogP contribution < -0.4 is 0 Å². The Labute approximate surface area is 87.6 Å². The minimum absolute atomic E-state index is 0.00981. The highest BCUT2D eigenvalue weighted by molar-refractivity contribution is 8.00. The summed E-state index contributed by atoms with van der Waals surface area (Å²) in [5, 5.41) is -0.167. The maximum Gasteiger partial charge on any atom is 0.156 e. The van der Waals surface area contributed by atoms with E-state index >= 15 is 0 Å². The summed E-state index contributed by atoms with van der Waals surface area (Å²) < 4.78 is 0. The Kier molecular flexibility index (Phi) is 3.86. The molecule has 0 aliphatic heterocycles. The van der Waals surface area contributed by atoms with E-state index in [1.165, 1.54) is 18.7 Å². The van der Waals surface area contributed by atoms with E-state index in [9.17, 15) is 14.4 Å². The first-order valence-corrected chi connectivity index (χ1v) is 5.93. The molecule has 1 aliphatic carbocycles. The van der Waals surface area contributed by atoms with Crippen molar-refractivity contribution in [3.8, 4) is 0 Å². The van der Waals surface area contributed by atoms with Crippen molar-refractivity contribution in [3.05, 3.63) is 0 Å². The van der Waals surface area contributed by atoms with E-state index in [0.29, 0.717) is 19.3 Å². The summed E-state index contributed by atoms with van der Waals surface area (Å²) in [5.74, 6) is -0.436. The molecule has 0 heterocycles. The second kappa shape index (κ2) is 4.73. The van der Waals surface area contributed by atoms with Crippen molar-refractivity contribution in [1.82, 2.24) is 0 Å². The van der Waals surface area contributed by atoms with E-state index < -0.39 is 5.92 Å². The van der Waals surface area contributed by atoms with E-state index in [4.69, 9.17) is 0 Å². The van der Waals surface area contributed by atoms with Crippen molar-refractivity contribution in [3.63, 3.8) is 0 Å². The fourth-order valence-electron chi connectivity index (χ4n) is 1.66. The van der Waals surface area contributed by atoms with Gasteiger partial charge in [0.05, 0.1) is 11.2 Å². The molecule has 1 saturated carbocycles. The summed E-state index contributed by atoms with van der Waals surface area (Å²) in [5.41, 5.74) is 0. The second-order valence-electron chi connectivity index (χ2n) is 3.59. The van der Waals surface area contributed by atoms with Crippen LogP contribution in [0.4, 0.5) is 0 Å². The quantitative estimate of drug-likeness (QED) is 0.661. The van der Waals surface area contributed by atoms with Gasteiger partial charge in [-0.15, -0.1) is 0 Å². The lowest BCUT2D eigenvalue weighted by Crippen LogP contribution is -2.18. The first-order chi connectivity index (χ1) is 6.56. The minimum atomic E-state index is -0.503. The average Bonchev–Trinajstić information content (AvgIpc) is 2.39. The number of carbonyl (C=O) groups is 3. The van der Waals surface area contributed by atoms with Crippen LogP contribution in [0.5, 0.6) is 0 Å². The molecule has 78 valence electrons. The average molecular weight is 214 g/mol. The largest absolute Gasteiger partial charge is 0.300 e. The van der Waals surface area contributed by atoms with Gasteiger partial charge in [0.1, 0.15) is 11.6 Å². The monoisotopic (exact) mass is 214 g/mol. The Morgan fingerprint density at radius 2 is 2.14 bits per heavy atom. The number of carbonyl (C=O) groups excluding carboxylic acids is 3. The van der Waals surface area contributed by atoms with Gasteiger partial charge in [0.15, 0.2) is 5.78 Å². The van der Waals surface area contributed by atoms with Gasteiger partial charge in [0, 0.05) is 12.8 Å².